The smallest absolute Gasteiger partial charge is 0.328 e. The van der Waals surface area contributed by atoms with Gasteiger partial charge >= 0.3 is 5.97 Å². The van der Waals surface area contributed by atoms with Crippen LogP contribution in [0.5, 0.6) is 0 Å². The van der Waals surface area contributed by atoms with Crippen LogP contribution in [0.25, 0.3) is 0 Å². The van der Waals surface area contributed by atoms with Crippen molar-refractivity contribution in [2.45, 2.75) is 32.7 Å². The molecule has 1 atom stereocenters. The van der Waals surface area contributed by atoms with Gasteiger partial charge in [0.2, 0.25) is 17.7 Å². The minimum atomic E-state index is -0.879. The highest BCUT2D eigenvalue weighted by atomic mass is 16.5. The van der Waals surface area contributed by atoms with E-state index in [1.165, 1.54) is 21.0 Å². The topological polar surface area (TPSA) is 102 Å². The van der Waals surface area contributed by atoms with Crippen LogP contribution >= 0.6 is 0 Å². The second kappa shape index (κ2) is 7.37. The zero-order valence-corrected chi connectivity index (χ0v) is 10.0. The molecule has 0 bridgehead atoms. The van der Waals surface area contributed by atoms with E-state index in [0.717, 1.165) is 0 Å². The first kappa shape index (κ1) is 15.1. The third-order valence-corrected chi connectivity index (χ3v) is 1.84. The van der Waals surface area contributed by atoms with Crippen LogP contribution in [0.3, 0.4) is 0 Å². The van der Waals surface area contributed by atoms with Gasteiger partial charge in [0.05, 0.1) is 7.11 Å². The van der Waals surface area contributed by atoms with Gasteiger partial charge in [-0.1, -0.05) is 0 Å². The highest BCUT2D eigenvalue weighted by molar-refractivity contribution is 5.94. The van der Waals surface area contributed by atoms with Gasteiger partial charge in [-0.25, -0.2) is 4.79 Å². The van der Waals surface area contributed by atoms with Gasteiger partial charge in [0.15, 0.2) is 0 Å². The van der Waals surface area contributed by atoms with Gasteiger partial charge in [-0.15, -0.1) is 0 Å². The molecule has 0 fully saturated rings. The zero-order chi connectivity index (χ0) is 13.4. The number of esters is 1. The Morgan fingerprint density at radius 2 is 1.71 bits per heavy atom. The Labute approximate surface area is 98.9 Å². The normalized spacial score (nSPS) is 11.2. The Balaban J connectivity index is 4.25. The SMILES string of the molecule is COC(=O)C(CCC(=O)NC(C)=O)NC(C)=O. The first-order chi connectivity index (χ1) is 7.86. The van der Waals surface area contributed by atoms with E-state index in [9.17, 15) is 19.2 Å². The van der Waals surface area contributed by atoms with Crippen molar-refractivity contribution >= 4 is 23.7 Å². The van der Waals surface area contributed by atoms with Crippen LogP contribution in [0.2, 0.25) is 0 Å². The van der Waals surface area contributed by atoms with Gasteiger partial charge in [-0.3, -0.25) is 19.7 Å². The van der Waals surface area contributed by atoms with Crippen molar-refractivity contribution < 1.29 is 23.9 Å². The molecule has 0 heterocycles. The predicted octanol–water partition coefficient (Wildman–Crippen LogP) is -0.893. The second-order valence-corrected chi connectivity index (χ2v) is 3.42. The average molecular weight is 244 g/mol. The molecule has 3 amide bonds. The second-order valence-electron chi connectivity index (χ2n) is 3.42. The number of amides is 3. The molecule has 0 saturated carbocycles. The summed E-state index contributed by atoms with van der Waals surface area (Å²) in [6.45, 7) is 2.47. The number of hydrogen-bond acceptors (Lipinski definition) is 5. The summed E-state index contributed by atoms with van der Waals surface area (Å²) in [6.07, 6.45) is 0.0188. The van der Waals surface area contributed by atoms with Crippen LogP contribution in [0.1, 0.15) is 26.7 Å². The Morgan fingerprint density at radius 1 is 1.12 bits per heavy atom. The average Bonchev–Trinajstić information content (AvgIpc) is 2.21. The Bertz CT molecular complexity index is 327. The lowest BCUT2D eigenvalue weighted by atomic mass is 10.1. The van der Waals surface area contributed by atoms with Crippen molar-refractivity contribution in [1.29, 1.82) is 0 Å². The minimum Gasteiger partial charge on any atom is -0.467 e. The van der Waals surface area contributed by atoms with E-state index in [1.807, 2.05) is 0 Å². The van der Waals surface area contributed by atoms with Gasteiger partial charge in [-0.05, 0) is 6.42 Å². The van der Waals surface area contributed by atoms with Crippen LogP contribution in [-0.4, -0.2) is 36.8 Å². The van der Waals surface area contributed by atoms with Crippen LogP contribution in [0.4, 0.5) is 0 Å². The van der Waals surface area contributed by atoms with Crippen molar-refractivity contribution in [3.05, 3.63) is 0 Å². The number of ether oxygens (including phenoxy) is 1. The summed E-state index contributed by atoms with van der Waals surface area (Å²) in [4.78, 5) is 43.8. The maximum Gasteiger partial charge on any atom is 0.328 e. The van der Waals surface area contributed by atoms with E-state index >= 15 is 0 Å². The molecular weight excluding hydrogens is 228 g/mol. The molecule has 0 aromatic carbocycles. The van der Waals surface area contributed by atoms with Crippen LogP contribution in [0, 0.1) is 0 Å². The number of methoxy groups -OCH3 is 1. The summed E-state index contributed by atoms with van der Waals surface area (Å²) < 4.78 is 4.47. The summed E-state index contributed by atoms with van der Waals surface area (Å²) in [5.41, 5.74) is 0. The molecule has 7 nitrogen and oxygen atoms in total. The molecule has 0 saturated heterocycles. The molecule has 0 aromatic rings. The van der Waals surface area contributed by atoms with Crippen LogP contribution < -0.4 is 10.6 Å². The lowest BCUT2D eigenvalue weighted by molar-refractivity contribution is -0.145. The van der Waals surface area contributed by atoms with Crippen LogP contribution in [-0.2, 0) is 23.9 Å². The maximum absolute atomic E-state index is 11.2. The van der Waals surface area contributed by atoms with Crippen molar-refractivity contribution in [2.75, 3.05) is 7.11 Å². The third kappa shape index (κ3) is 7.04. The van der Waals surface area contributed by atoms with Gasteiger partial charge in [-0.2, -0.15) is 0 Å². The summed E-state index contributed by atoms with van der Waals surface area (Å²) in [5.74, 6) is -2.00. The number of nitrogens with one attached hydrogen (secondary N) is 2. The standard InChI is InChI=1S/C10H16N2O5/c1-6(13)11-8(10(16)17-3)4-5-9(15)12-7(2)14/h8H,4-5H2,1-3H3,(H,11,13)(H,12,14,15). The quantitative estimate of drug-likeness (QED) is 0.611. The lowest BCUT2D eigenvalue weighted by Gasteiger charge is -2.14. The van der Waals surface area contributed by atoms with Gasteiger partial charge < -0.3 is 10.1 Å². The summed E-state index contributed by atoms with van der Waals surface area (Å²) in [5, 5.41) is 4.43. The fraction of sp³-hybridized carbons (Fsp3) is 0.600. The van der Waals surface area contributed by atoms with E-state index < -0.39 is 29.7 Å². The molecule has 0 aliphatic heterocycles. The Hall–Kier alpha value is -1.92. The van der Waals surface area contributed by atoms with Crippen molar-refractivity contribution in [3.63, 3.8) is 0 Å². The molecule has 0 aliphatic carbocycles. The monoisotopic (exact) mass is 244 g/mol. The number of carbonyl (C=O) groups excluding carboxylic acids is 4. The molecule has 0 aliphatic rings. The molecule has 1 unspecified atom stereocenters. The lowest BCUT2D eigenvalue weighted by Crippen LogP contribution is -2.41. The zero-order valence-electron chi connectivity index (χ0n) is 10.0. The third-order valence-electron chi connectivity index (χ3n) is 1.84. The fourth-order valence-electron chi connectivity index (χ4n) is 1.17. The van der Waals surface area contributed by atoms with E-state index in [-0.39, 0.29) is 12.8 Å². The van der Waals surface area contributed by atoms with Crippen molar-refractivity contribution in [3.8, 4) is 0 Å². The highest BCUT2D eigenvalue weighted by Crippen LogP contribution is 2.00. The molecular formula is C10H16N2O5. The Morgan fingerprint density at radius 3 is 2.12 bits per heavy atom. The van der Waals surface area contributed by atoms with Crippen LogP contribution in [0.15, 0.2) is 0 Å². The van der Waals surface area contributed by atoms with Gasteiger partial charge in [0.1, 0.15) is 6.04 Å². The van der Waals surface area contributed by atoms with Gasteiger partial charge in [0.25, 0.3) is 0 Å². The molecule has 7 heteroatoms. The number of hydrogen-bond donors (Lipinski definition) is 2. The highest BCUT2D eigenvalue weighted by Gasteiger charge is 2.21. The van der Waals surface area contributed by atoms with Crippen molar-refractivity contribution in [2.24, 2.45) is 0 Å². The van der Waals surface area contributed by atoms with Gasteiger partial charge in [0, 0.05) is 20.3 Å². The molecule has 0 rings (SSSR count). The number of carbonyl (C=O) groups is 4. The number of rotatable bonds is 5. The predicted molar refractivity (Wildman–Crippen MR) is 57.7 cm³/mol. The van der Waals surface area contributed by atoms with E-state index in [2.05, 4.69) is 15.4 Å². The molecule has 2 N–H and O–H groups in total. The molecule has 17 heavy (non-hydrogen) atoms. The summed E-state index contributed by atoms with van der Waals surface area (Å²) in [7, 11) is 1.19. The molecule has 0 spiro atoms. The summed E-state index contributed by atoms with van der Waals surface area (Å²) >= 11 is 0. The van der Waals surface area contributed by atoms with E-state index in [4.69, 9.17) is 0 Å². The Kier molecular flexibility index (Phi) is 6.54. The molecule has 0 aromatic heterocycles. The fourth-order valence-corrected chi connectivity index (χ4v) is 1.17. The largest absolute Gasteiger partial charge is 0.467 e. The van der Waals surface area contributed by atoms with E-state index in [0.29, 0.717) is 0 Å². The maximum atomic E-state index is 11.2. The van der Waals surface area contributed by atoms with E-state index in [1.54, 1.807) is 0 Å². The first-order valence-corrected chi connectivity index (χ1v) is 5.02. The minimum absolute atomic E-state index is 0.0559. The summed E-state index contributed by atoms with van der Waals surface area (Å²) in [6, 6.07) is -0.879. The molecule has 0 radical (unpaired) electrons. The first-order valence-electron chi connectivity index (χ1n) is 5.02. The molecule has 96 valence electrons. The van der Waals surface area contributed by atoms with Crippen molar-refractivity contribution in [1.82, 2.24) is 10.6 Å². The number of imide groups is 1.